The molecule has 0 aliphatic heterocycles. The van der Waals surface area contributed by atoms with Crippen molar-refractivity contribution in [1.29, 1.82) is 0 Å². The van der Waals surface area contributed by atoms with Crippen LogP contribution in [0.25, 0.3) is 0 Å². The lowest BCUT2D eigenvalue weighted by Crippen LogP contribution is -1.86. The molecule has 2 N–H and O–H groups in total. The largest absolute Gasteiger partial charge is 0.404 e. The number of hydrogen-bond donors (Lipinski definition) is 1. The molecular formula is C7H12N2. The number of rotatable bonds is 2. The van der Waals surface area contributed by atoms with Crippen LogP contribution in [0.5, 0.6) is 0 Å². The number of nitrogens with two attached hydrogens (primary N) is 1. The minimum absolute atomic E-state index is 0.611. The van der Waals surface area contributed by atoms with Gasteiger partial charge in [-0.3, -0.25) is 4.99 Å². The topological polar surface area (TPSA) is 38.4 Å². The van der Waals surface area contributed by atoms with Crippen LogP contribution in [0.2, 0.25) is 0 Å². The predicted molar refractivity (Wildman–Crippen MR) is 39.5 cm³/mol. The maximum Gasteiger partial charge on any atom is 0.0501 e. The monoisotopic (exact) mass is 124 g/mol. The molecule has 0 bridgehead atoms. The summed E-state index contributed by atoms with van der Waals surface area (Å²) in [5, 5.41) is 0. The van der Waals surface area contributed by atoms with Crippen LogP contribution in [0.4, 0.5) is 0 Å². The standard InChI is InChI=1S/C7H12N2/c1-6(4-8)5-9-7-2-3-7/h4-5,7H,2-3,8H2,1H3. The molecule has 0 unspecified atom stereocenters. The molecule has 1 rings (SSSR count). The molecule has 1 aliphatic carbocycles. The zero-order valence-electron chi connectivity index (χ0n) is 5.67. The molecule has 50 valence electrons. The summed E-state index contributed by atoms with van der Waals surface area (Å²) < 4.78 is 0. The van der Waals surface area contributed by atoms with Gasteiger partial charge in [0, 0.05) is 6.21 Å². The molecule has 0 atom stereocenters. The Bertz CT molecular complexity index is 143. The fourth-order valence-electron chi connectivity index (χ4n) is 0.490. The van der Waals surface area contributed by atoms with Crippen molar-refractivity contribution in [3.8, 4) is 0 Å². The van der Waals surface area contributed by atoms with E-state index in [0.29, 0.717) is 6.04 Å². The third-order valence-corrected chi connectivity index (χ3v) is 1.30. The van der Waals surface area contributed by atoms with E-state index in [4.69, 9.17) is 5.73 Å². The first-order valence-corrected chi connectivity index (χ1v) is 3.24. The van der Waals surface area contributed by atoms with E-state index in [1.165, 1.54) is 12.8 Å². The molecule has 9 heavy (non-hydrogen) atoms. The molecule has 1 aliphatic rings. The summed E-state index contributed by atoms with van der Waals surface area (Å²) in [6, 6.07) is 0.611. The second-order valence-electron chi connectivity index (χ2n) is 2.42. The molecule has 0 heterocycles. The fraction of sp³-hybridized carbons (Fsp3) is 0.571. The fourth-order valence-corrected chi connectivity index (χ4v) is 0.490. The van der Waals surface area contributed by atoms with Gasteiger partial charge < -0.3 is 5.73 Å². The van der Waals surface area contributed by atoms with Crippen LogP contribution in [-0.4, -0.2) is 12.3 Å². The first kappa shape index (κ1) is 6.33. The molecule has 0 amide bonds. The highest BCUT2D eigenvalue weighted by atomic mass is 14.8. The van der Waals surface area contributed by atoms with E-state index < -0.39 is 0 Å². The lowest BCUT2D eigenvalue weighted by atomic mass is 10.4. The minimum atomic E-state index is 0.611. The Labute approximate surface area is 55.5 Å². The molecular weight excluding hydrogens is 112 g/mol. The van der Waals surface area contributed by atoms with E-state index in [-0.39, 0.29) is 0 Å². The third kappa shape index (κ3) is 2.31. The van der Waals surface area contributed by atoms with Gasteiger partial charge in [0.1, 0.15) is 0 Å². The molecule has 0 aromatic heterocycles. The van der Waals surface area contributed by atoms with E-state index >= 15 is 0 Å². The number of nitrogens with zero attached hydrogens (tertiary/aromatic N) is 1. The first-order valence-electron chi connectivity index (χ1n) is 3.24. The molecule has 2 nitrogen and oxygen atoms in total. The van der Waals surface area contributed by atoms with Crippen molar-refractivity contribution in [3.63, 3.8) is 0 Å². The average molecular weight is 124 g/mol. The highest BCUT2D eigenvalue weighted by Crippen LogP contribution is 2.22. The van der Waals surface area contributed by atoms with Crippen LogP contribution in [0.1, 0.15) is 19.8 Å². The molecule has 1 fully saturated rings. The molecule has 1 saturated carbocycles. The lowest BCUT2D eigenvalue weighted by molar-refractivity contribution is 1.07. The van der Waals surface area contributed by atoms with E-state index in [0.717, 1.165) is 5.57 Å². The van der Waals surface area contributed by atoms with Gasteiger partial charge in [0.05, 0.1) is 6.04 Å². The SMILES string of the molecule is CC(C=NC1CC1)=CN. The molecule has 0 radical (unpaired) electrons. The highest BCUT2D eigenvalue weighted by Gasteiger charge is 2.18. The quantitative estimate of drug-likeness (QED) is 0.550. The second-order valence-corrected chi connectivity index (χ2v) is 2.42. The van der Waals surface area contributed by atoms with Crippen LogP contribution in [0.15, 0.2) is 16.8 Å². The highest BCUT2D eigenvalue weighted by molar-refractivity contribution is 5.77. The zero-order valence-corrected chi connectivity index (χ0v) is 5.67. The van der Waals surface area contributed by atoms with Crippen LogP contribution in [0, 0.1) is 0 Å². The van der Waals surface area contributed by atoms with Gasteiger partial charge in [-0.05, 0) is 31.5 Å². The summed E-state index contributed by atoms with van der Waals surface area (Å²) in [5.41, 5.74) is 6.27. The van der Waals surface area contributed by atoms with Gasteiger partial charge in [-0.25, -0.2) is 0 Å². The lowest BCUT2D eigenvalue weighted by Gasteiger charge is -1.85. The third-order valence-electron chi connectivity index (χ3n) is 1.30. The van der Waals surface area contributed by atoms with Gasteiger partial charge in [-0.15, -0.1) is 0 Å². The molecule has 0 spiro atoms. The Hall–Kier alpha value is -0.790. The number of allylic oxidation sites excluding steroid dienone is 1. The van der Waals surface area contributed by atoms with Crippen molar-refractivity contribution >= 4 is 6.21 Å². The summed E-state index contributed by atoms with van der Waals surface area (Å²) in [7, 11) is 0. The van der Waals surface area contributed by atoms with Crippen LogP contribution >= 0.6 is 0 Å². The van der Waals surface area contributed by atoms with Crippen molar-refractivity contribution in [3.05, 3.63) is 11.8 Å². The van der Waals surface area contributed by atoms with E-state index in [9.17, 15) is 0 Å². The summed E-state index contributed by atoms with van der Waals surface area (Å²) in [6.07, 6.45) is 5.94. The van der Waals surface area contributed by atoms with Gasteiger partial charge >= 0.3 is 0 Å². The van der Waals surface area contributed by atoms with E-state index in [1.54, 1.807) is 6.20 Å². The van der Waals surface area contributed by atoms with E-state index in [2.05, 4.69) is 4.99 Å². The predicted octanol–water partition coefficient (Wildman–Crippen LogP) is 1.08. The van der Waals surface area contributed by atoms with Crippen molar-refractivity contribution in [2.75, 3.05) is 0 Å². The zero-order chi connectivity index (χ0) is 6.69. The minimum Gasteiger partial charge on any atom is -0.404 e. The van der Waals surface area contributed by atoms with E-state index in [1.807, 2.05) is 13.1 Å². The molecule has 0 saturated heterocycles. The van der Waals surface area contributed by atoms with Crippen LogP contribution in [0.3, 0.4) is 0 Å². The molecule has 2 heteroatoms. The van der Waals surface area contributed by atoms with Crippen LogP contribution in [-0.2, 0) is 0 Å². The Morgan fingerprint density at radius 1 is 1.67 bits per heavy atom. The Balaban J connectivity index is 2.29. The Kier molecular flexibility index (Phi) is 1.88. The maximum absolute atomic E-state index is 5.23. The summed E-state index contributed by atoms with van der Waals surface area (Å²) >= 11 is 0. The molecule has 0 aromatic carbocycles. The van der Waals surface area contributed by atoms with Crippen molar-refractivity contribution in [2.45, 2.75) is 25.8 Å². The molecule has 0 aromatic rings. The van der Waals surface area contributed by atoms with Crippen LogP contribution < -0.4 is 5.73 Å². The van der Waals surface area contributed by atoms with Crippen molar-refractivity contribution in [1.82, 2.24) is 0 Å². The smallest absolute Gasteiger partial charge is 0.0501 e. The Morgan fingerprint density at radius 2 is 2.33 bits per heavy atom. The van der Waals surface area contributed by atoms with Crippen molar-refractivity contribution < 1.29 is 0 Å². The van der Waals surface area contributed by atoms with Gasteiger partial charge in [-0.1, -0.05) is 0 Å². The van der Waals surface area contributed by atoms with Crippen molar-refractivity contribution in [2.24, 2.45) is 10.7 Å². The van der Waals surface area contributed by atoms with Gasteiger partial charge in [0.25, 0.3) is 0 Å². The van der Waals surface area contributed by atoms with Gasteiger partial charge in [0.15, 0.2) is 0 Å². The summed E-state index contributed by atoms with van der Waals surface area (Å²) in [5.74, 6) is 0. The van der Waals surface area contributed by atoms with Gasteiger partial charge in [0.2, 0.25) is 0 Å². The normalized spacial score (nSPS) is 21.2. The Morgan fingerprint density at radius 3 is 2.78 bits per heavy atom. The number of aliphatic imine (C=N–C) groups is 1. The number of hydrogen-bond acceptors (Lipinski definition) is 2. The maximum atomic E-state index is 5.23. The second kappa shape index (κ2) is 2.67. The summed E-state index contributed by atoms with van der Waals surface area (Å²) in [4.78, 5) is 4.23. The summed E-state index contributed by atoms with van der Waals surface area (Å²) in [6.45, 7) is 1.95. The average Bonchev–Trinajstić information content (AvgIpc) is 2.65. The first-order chi connectivity index (χ1) is 4.33. The van der Waals surface area contributed by atoms with Gasteiger partial charge in [-0.2, -0.15) is 0 Å².